The fourth-order valence-electron chi connectivity index (χ4n) is 3.92. The summed E-state index contributed by atoms with van der Waals surface area (Å²) < 4.78 is 82.0. The van der Waals surface area contributed by atoms with Crippen molar-refractivity contribution in [3.05, 3.63) is 47.2 Å². The van der Waals surface area contributed by atoms with E-state index in [0.29, 0.717) is 22.4 Å². The van der Waals surface area contributed by atoms with Crippen molar-refractivity contribution < 1.29 is 31.1 Å². The van der Waals surface area contributed by atoms with Gasteiger partial charge in [-0.3, -0.25) is 4.57 Å². The molecule has 33 heavy (non-hydrogen) atoms. The lowest BCUT2D eigenvalue weighted by atomic mass is 9.96. The zero-order chi connectivity index (χ0) is 24.0. The van der Waals surface area contributed by atoms with Crippen molar-refractivity contribution in [3.63, 3.8) is 0 Å². The SMILES string of the molecule is C#Cc1nc2ccc(N3CCC(C(F)(F)F)CC3)cc2n1-c1ccc(OC(F)(F)F)c(Cl)c1. The molecule has 1 saturated heterocycles. The molecule has 0 radical (unpaired) electrons. The average Bonchev–Trinajstić information content (AvgIpc) is 3.11. The first-order valence-electron chi connectivity index (χ1n) is 9.83. The second kappa shape index (κ2) is 8.37. The van der Waals surface area contributed by atoms with Gasteiger partial charge in [0, 0.05) is 18.8 Å². The van der Waals surface area contributed by atoms with E-state index in [1.54, 1.807) is 22.8 Å². The maximum absolute atomic E-state index is 13.0. The molecule has 2 heterocycles. The Morgan fingerprint density at radius 3 is 2.24 bits per heavy atom. The van der Waals surface area contributed by atoms with E-state index in [-0.39, 0.29) is 36.8 Å². The van der Waals surface area contributed by atoms with Crippen LogP contribution in [0.4, 0.5) is 32.0 Å². The number of rotatable bonds is 3. The van der Waals surface area contributed by atoms with E-state index in [1.165, 1.54) is 12.1 Å². The van der Waals surface area contributed by atoms with E-state index in [4.69, 9.17) is 18.0 Å². The lowest BCUT2D eigenvalue weighted by Crippen LogP contribution is -2.39. The maximum Gasteiger partial charge on any atom is 0.573 e. The van der Waals surface area contributed by atoms with Crippen molar-refractivity contribution in [1.29, 1.82) is 0 Å². The number of halogens is 7. The molecule has 1 aromatic heterocycles. The number of ether oxygens (including phenoxy) is 1. The molecule has 0 saturated carbocycles. The molecule has 0 N–H and O–H groups in total. The summed E-state index contributed by atoms with van der Waals surface area (Å²) in [4.78, 5) is 6.20. The number of nitrogens with zero attached hydrogens (tertiary/aromatic N) is 3. The first-order chi connectivity index (χ1) is 15.5. The minimum absolute atomic E-state index is 0.00726. The van der Waals surface area contributed by atoms with Gasteiger partial charge in [-0.15, -0.1) is 19.6 Å². The van der Waals surface area contributed by atoms with Gasteiger partial charge in [-0.25, -0.2) is 4.98 Å². The predicted octanol–water partition coefficient (Wildman–Crippen LogP) is 6.34. The van der Waals surface area contributed by atoms with Crippen molar-refractivity contribution >= 4 is 28.3 Å². The standard InChI is InChI=1S/C22H16ClF6N3O/c1-2-20-30-17-5-3-14(31-9-7-13(8-10-31)21(24,25)26)12-18(17)32(20)15-4-6-19(16(23)11-15)33-22(27,28)29/h1,3-6,11-13H,7-10H2. The highest BCUT2D eigenvalue weighted by Crippen LogP contribution is 2.37. The highest BCUT2D eigenvalue weighted by atomic mass is 35.5. The minimum Gasteiger partial charge on any atom is -0.404 e. The van der Waals surface area contributed by atoms with Crippen molar-refractivity contribution in [1.82, 2.24) is 9.55 Å². The van der Waals surface area contributed by atoms with Crippen LogP contribution in [0, 0.1) is 18.3 Å². The van der Waals surface area contributed by atoms with Crippen LogP contribution >= 0.6 is 11.6 Å². The highest BCUT2D eigenvalue weighted by molar-refractivity contribution is 6.32. The summed E-state index contributed by atoms with van der Waals surface area (Å²) in [6, 6.07) is 8.89. The lowest BCUT2D eigenvalue weighted by molar-refractivity contribution is -0.274. The van der Waals surface area contributed by atoms with E-state index >= 15 is 0 Å². The molecule has 0 atom stereocenters. The van der Waals surface area contributed by atoms with Gasteiger partial charge in [0.25, 0.3) is 0 Å². The second-order valence-corrected chi connectivity index (χ2v) is 7.96. The van der Waals surface area contributed by atoms with Crippen molar-refractivity contribution in [2.75, 3.05) is 18.0 Å². The Hall–Kier alpha value is -3.06. The molecule has 1 aliphatic rings. The number of hydrogen-bond acceptors (Lipinski definition) is 3. The fraction of sp³-hybridized carbons (Fsp3) is 0.318. The first kappa shape index (κ1) is 23.1. The van der Waals surface area contributed by atoms with Crippen molar-refractivity contribution in [3.8, 4) is 23.8 Å². The first-order valence-corrected chi connectivity index (χ1v) is 10.2. The van der Waals surface area contributed by atoms with Gasteiger partial charge in [-0.1, -0.05) is 11.6 Å². The Balaban J connectivity index is 1.70. The summed E-state index contributed by atoms with van der Waals surface area (Å²) in [5, 5.41) is -0.278. The van der Waals surface area contributed by atoms with Crippen LogP contribution in [0.5, 0.6) is 5.75 Å². The van der Waals surface area contributed by atoms with E-state index < -0.39 is 24.2 Å². The summed E-state index contributed by atoms with van der Waals surface area (Å²) in [5.74, 6) is 0.743. The van der Waals surface area contributed by atoms with Gasteiger partial charge in [0.1, 0.15) is 5.75 Å². The zero-order valence-electron chi connectivity index (χ0n) is 16.8. The fourth-order valence-corrected chi connectivity index (χ4v) is 4.13. The second-order valence-electron chi connectivity index (χ2n) is 7.55. The molecular weight excluding hydrogens is 472 g/mol. The van der Waals surface area contributed by atoms with Crippen LogP contribution in [0.3, 0.4) is 0 Å². The summed E-state index contributed by atoms with van der Waals surface area (Å²) in [7, 11) is 0. The Labute approximate surface area is 189 Å². The molecule has 2 aromatic carbocycles. The van der Waals surface area contributed by atoms with E-state index in [0.717, 1.165) is 6.07 Å². The maximum atomic E-state index is 13.0. The van der Waals surface area contributed by atoms with Gasteiger partial charge in [0.05, 0.1) is 27.7 Å². The number of imidazole rings is 1. The summed E-state index contributed by atoms with van der Waals surface area (Å²) in [5.41, 5.74) is 2.11. The van der Waals surface area contributed by atoms with Crippen LogP contribution in [-0.4, -0.2) is 35.2 Å². The van der Waals surface area contributed by atoms with Crippen LogP contribution in [0.15, 0.2) is 36.4 Å². The number of terminal acetylenes is 1. The number of alkyl halides is 6. The van der Waals surface area contributed by atoms with Crippen LogP contribution in [0.25, 0.3) is 16.7 Å². The Morgan fingerprint density at radius 1 is 1.00 bits per heavy atom. The summed E-state index contributed by atoms with van der Waals surface area (Å²) in [6.07, 6.45) is -3.54. The molecule has 4 rings (SSSR count). The molecule has 4 nitrogen and oxygen atoms in total. The quantitative estimate of drug-likeness (QED) is 0.319. The smallest absolute Gasteiger partial charge is 0.404 e. The van der Waals surface area contributed by atoms with Gasteiger partial charge >= 0.3 is 12.5 Å². The molecule has 0 aliphatic carbocycles. The van der Waals surface area contributed by atoms with Crippen LogP contribution in [0.2, 0.25) is 5.02 Å². The van der Waals surface area contributed by atoms with Crippen LogP contribution in [-0.2, 0) is 0 Å². The van der Waals surface area contributed by atoms with E-state index in [1.807, 2.05) is 4.90 Å². The summed E-state index contributed by atoms with van der Waals surface area (Å²) in [6.45, 7) is 0.474. The molecule has 3 aromatic rings. The molecule has 0 spiro atoms. The third-order valence-electron chi connectivity index (χ3n) is 5.49. The Kier molecular flexibility index (Phi) is 5.86. The zero-order valence-corrected chi connectivity index (χ0v) is 17.6. The molecule has 1 fully saturated rings. The van der Waals surface area contributed by atoms with Gasteiger partial charge in [-0.05, 0) is 55.2 Å². The molecule has 174 valence electrons. The molecule has 0 unspecified atom stereocenters. The van der Waals surface area contributed by atoms with E-state index in [2.05, 4.69) is 15.6 Å². The molecule has 1 aliphatic heterocycles. The number of aromatic nitrogens is 2. The monoisotopic (exact) mass is 487 g/mol. The average molecular weight is 488 g/mol. The van der Waals surface area contributed by atoms with Gasteiger partial charge < -0.3 is 9.64 Å². The minimum atomic E-state index is -4.90. The molecular formula is C22H16ClF6N3O. The Morgan fingerprint density at radius 2 is 1.67 bits per heavy atom. The van der Waals surface area contributed by atoms with Gasteiger partial charge in [-0.2, -0.15) is 13.2 Å². The van der Waals surface area contributed by atoms with Crippen molar-refractivity contribution in [2.45, 2.75) is 25.4 Å². The van der Waals surface area contributed by atoms with Crippen LogP contribution < -0.4 is 9.64 Å². The van der Waals surface area contributed by atoms with Gasteiger partial charge in [0.15, 0.2) is 5.82 Å². The highest BCUT2D eigenvalue weighted by Gasteiger charge is 2.41. The Bertz CT molecular complexity index is 1220. The lowest BCUT2D eigenvalue weighted by Gasteiger charge is -2.34. The largest absolute Gasteiger partial charge is 0.573 e. The molecule has 0 amide bonds. The third kappa shape index (κ3) is 4.83. The van der Waals surface area contributed by atoms with Crippen molar-refractivity contribution in [2.24, 2.45) is 5.92 Å². The number of benzene rings is 2. The number of piperidine rings is 1. The van der Waals surface area contributed by atoms with Crippen LogP contribution in [0.1, 0.15) is 18.7 Å². The number of hydrogen-bond donors (Lipinski definition) is 0. The van der Waals surface area contributed by atoms with E-state index in [9.17, 15) is 26.3 Å². The summed E-state index contributed by atoms with van der Waals surface area (Å²) >= 11 is 5.99. The number of anilines is 1. The normalized spacial score (nSPS) is 15.6. The number of fused-ring (bicyclic) bond motifs is 1. The molecule has 11 heteroatoms. The molecule has 0 bridgehead atoms. The topological polar surface area (TPSA) is 30.3 Å². The predicted molar refractivity (Wildman–Crippen MR) is 112 cm³/mol. The third-order valence-corrected chi connectivity index (χ3v) is 5.78. The van der Waals surface area contributed by atoms with Gasteiger partial charge in [0.2, 0.25) is 0 Å².